The quantitative estimate of drug-likeness (QED) is 0.661. The normalized spacial score (nSPS) is 14.6. The fraction of sp³-hybridized carbons (Fsp3) is 0.348. The molecule has 0 unspecified atom stereocenters. The van der Waals surface area contributed by atoms with Gasteiger partial charge in [-0.15, -0.1) is 0 Å². The fourth-order valence-electron chi connectivity index (χ4n) is 3.69. The summed E-state index contributed by atoms with van der Waals surface area (Å²) in [5, 5.41) is 10.0. The van der Waals surface area contributed by atoms with Crippen LogP contribution in [0.15, 0.2) is 40.8 Å². The molecule has 1 fully saturated rings. The molecular weight excluding hydrogens is 394 g/mol. The minimum atomic E-state index is -0.120. The van der Waals surface area contributed by atoms with E-state index in [1.165, 1.54) is 0 Å². The molecule has 1 aliphatic rings. The summed E-state index contributed by atoms with van der Waals surface area (Å²) in [7, 11) is 0. The molecule has 0 bridgehead atoms. The van der Waals surface area contributed by atoms with Crippen LogP contribution in [0.4, 0.5) is 5.69 Å². The highest BCUT2D eigenvalue weighted by Crippen LogP contribution is 2.21. The van der Waals surface area contributed by atoms with Gasteiger partial charge in [0.15, 0.2) is 11.5 Å². The van der Waals surface area contributed by atoms with Gasteiger partial charge in [-0.1, -0.05) is 12.1 Å². The van der Waals surface area contributed by atoms with E-state index in [-0.39, 0.29) is 11.8 Å². The van der Waals surface area contributed by atoms with Gasteiger partial charge in [0, 0.05) is 37.9 Å². The number of hydrogen-bond acceptors (Lipinski definition) is 5. The lowest BCUT2D eigenvalue weighted by Gasteiger charge is -2.34. The Kier molecular flexibility index (Phi) is 5.90. The first kappa shape index (κ1) is 20.9. The molecule has 2 aromatic heterocycles. The van der Waals surface area contributed by atoms with E-state index in [4.69, 9.17) is 4.42 Å². The van der Waals surface area contributed by atoms with Crippen molar-refractivity contribution in [2.45, 2.75) is 20.8 Å². The molecule has 0 saturated carbocycles. The number of carbonyl (C=O) groups excluding carboxylic acids is 2. The summed E-state index contributed by atoms with van der Waals surface area (Å²) >= 11 is 0. The summed E-state index contributed by atoms with van der Waals surface area (Å²) in [5.74, 6) is 1.29. The van der Waals surface area contributed by atoms with Gasteiger partial charge in [0.05, 0.1) is 6.54 Å². The molecule has 1 saturated heterocycles. The van der Waals surface area contributed by atoms with Crippen LogP contribution in [-0.2, 0) is 4.79 Å². The summed E-state index contributed by atoms with van der Waals surface area (Å²) in [6.45, 7) is 8.59. The average molecular weight is 422 g/mol. The topological polar surface area (TPSA) is 94.5 Å². The zero-order valence-electron chi connectivity index (χ0n) is 18.1. The van der Waals surface area contributed by atoms with E-state index in [0.29, 0.717) is 49.9 Å². The van der Waals surface area contributed by atoms with Gasteiger partial charge in [-0.2, -0.15) is 5.10 Å². The van der Waals surface area contributed by atoms with Crippen molar-refractivity contribution in [2.24, 2.45) is 0 Å². The maximum absolute atomic E-state index is 12.8. The Morgan fingerprint density at radius 1 is 1.10 bits per heavy atom. The molecule has 1 aliphatic heterocycles. The second kappa shape index (κ2) is 8.77. The number of H-pyrrole nitrogens is 1. The van der Waals surface area contributed by atoms with Gasteiger partial charge < -0.3 is 14.6 Å². The highest BCUT2D eigenvalue weighted by atomic mass is 16.3. The molecule has 0 atom stereocenters. The number of aromatic amines is 1. The van der Waals surface area contributed by atoms with Crippen LogP contribution in [0.1, 0.15) is 27.4 Å². The van der Waals surface area contributed by atoms with E-state index in [9.17, 15) is 9.59 Å². The number of aryl methyl sites for hydroxylation is 2. The first-order valence-electron chi connectivity index (χ1n) is 10.4. The Morgan fingerprint density at radius 3 is 2.58 bits per heavy atom. The average Bonchev–Trinajstić information content (AvgIpc) is 3.41. The third-order valence-corrected chi connectivity index (χ3v) is 5.71. The predicted octanol–water partition coefficient (Wildman–Crippen LogP) is 2.99. The highest BCUT2D eigenvalue weighted by Gasteiger charge is 2.25. The first-order valence-corrected chi connectivity index (χ1v) is 10.4. The molecule has 0 aliphatic carbocycles. The molecule has 162 valence electrons. The number of aromatic nitrogens is 2. The number of piperazine rings is 1. The largest absolute Gasteiger partial charge is 0.460 e. The number of nitrogens with zero attached hydrogens (tertiary/aromatic N) is 3. The molecule has 2 N–H and O–H groups in total. The lowest BCUT2D eigenvalue weighted by Crippen LogP contribution is -2.50. The number of furan rings is 1. The fourth-order valence-corrected chi connectivity index (χ4v) is 3.69. The highest BCUT2D eigenvalue weighted by molar-refractivity contribution is 5.94. The first-order chi connectivity index (χ1) is 14.9. The smallest absolute Gasteiger partial charge is 0.274 e. The van der Waals surface area contributed by atoms with Gasteiger partial charge in [-0.3, -0.25) is 19.6 Å². The van der Waals surface area contributed by atoms with Gasteiger partial charge in [0.25, 0.3) is 5.91 Å². The molecule has 3 aromatic rings. The second-order valence-corrected chi connectivity index (χ2v) is 7.94. The maximum Gasteiger partial charge on any atom is 0.274 e. The molecule has 8 heteroatoms. The molecule has 8 nitrogen and oxygen atoms in total. The van der Waals surface area contributed by atoms with Crippen LogP contribution < -0.4 is 5.32 Å². The Morgan fingerprint density at radius 2 is 1.87 bits per heavy atom. The summed E-state index contributed by atoms with van der Waals surface area (Å²) in [6, 6.07) is 11.3. The molecule has 3 heterocycles. The molecule has 0 spiro atoms. The van der Waals surface area contributed by atoms with Crippen molar-refractivity contribution < 1.29 is 14.0 Å². The van der Waals surface area contributed by atoms with Crippen LogP contribution in [0.2, 0.25) is 0 Å². The SMILES string of the molecule is Cc1ccc(-c2cc(C(=O)N3CCN(CC(=O)Nc4cccc(C)c4C)CC3)n[nH]2)o1. The van der Waals surface area contributed by atoms with E-state index in [1.54, 1.807) is 11.0 Å². The van der Waals surface area contributed by atoms with Crippen LogP contribution in [-0.4, -0.2) is 64.5 Å². The molecule has 31 heavy (non-hydrogen) atoms. The molecule has 4 rings (SSSR count). The van der Waals surface area contributed by atoms with Crippen LogP contribution in [0.25, 0.3) is 11.5 Å². The summed E-state index contributed by atoms with van der Waals surface area (Å²) in [4.78, 5) is 29.1. The van der Waals surface area contributed by atoms with Crippen LogP contribution in [0.5, 0.6) is 0 Å². The molecule has 1 aromatic carbocycles. The Balaban J connectivity index is 1.29. The van der Waals surface area contributed by atoms with Gasteiger partial charge in [0.1, 0.15) is 11.5 Å². The van der Waals surface area contributed by atoms with Crippen molar-refractivity contribution in [3.8, 4) is 11.5 Å². The third kappa shape index (κ3) is 4.69. The number of hydrogen-bond donors (Lipinski definition) is 2. The molecular formula is C23H27N5O3. The second-order valence-electron chi connectivity index (χ2n) is 7.94. The lowest BCUT2D eigenvalue weighted by atomic mass is 10.1. The van der Waals surface area contributed by atoms with Crippen molar-refractivity contribution in [1.82, 2.24) is 20.0 Å². The Hall–Kier alpha value is -3.39. The number of amides is 2. The summed E-state index contributed by atoms with van der Waals surface area (Å²) < 4.78 is 5.57. The third-order valence-electron chi connectivity index (χ3n) is 5.71. The van der Waals surface area contributed by atoms with Crippen molar-refractivity contribution >= 4 is 17.5 Å². The van der Waals surface area contributed by atoms with E-state index >= 15 is 0 Å². The number of rotatable bonds is 5. The Bertz CT molecular complexity index is 1090. The number of benzene rings is 1. The monoisotopic (exact) mass is 421 g/mol. The zero-order chi connectivity index (χ0) is 22.0. The standard InChI is InChI=1S/C23H27N5O3/c1-15-5-4-6-18(17(15)3)24-22(29)14-27-9-11-28(12-10-27)23(30)20-13-19(25-26-20)21-8-7-16(2)31-21/h4-8,13H,9-12,14H2,1-3H3,(H,24,29)(H,25,26). The number of anilines is 1. The van der Waals surface area contributed by atoms with Gasteiger partial charge in [0.2, 0.25) is 5.91 Å². The van der Waals surface area contributed by atoms with E-state index in [1.807, 2.05) is 51.1 Å². The Labute approximate surface area is 181 Å². The van der Waals surface area contributed by atoms with Crippen LogP contribution in [0.3, 0.4) is 0 Å². The van der Waals surface area contributed by atoms with Crippen molar-refractivity contribution in [2.75, 3.05) is 38.0 Å². The lowest BCUT2D eigenvalue weighted by molar-refractivity contribution is -0.117. The number of carbonyl (C=O) groups is 2. The molecule has 2 amide bonds. The van der Waals surface area contributed by atoms with Crippen LogP contribution >= 0.6 is 0 Å². The van der Waals surface area contributed by atoms with Crippen molar-refractivity contribution in [3.63, 3.8) is 0 Å². The minimum Gasteiger partial charge on any atom is -0.460 e. The zero-order valence-corrected chi connectivity index (χ0v) is 18.1. The summed E-state index contributed by atoms with van der Waals surface area (Å²) in [5.41, 5.74) is 4.12. The molecule has 0 radical (unpaired) electrons. The van der Waals surface area contributed by atoms with Crippen molar-refractivity contribution in [3.05, 3.63) is 59.0 Å². The van der Waals surface area contributed by atoms with Crippen LogP contribution in [0, 0.1) is 20.8 Å². The summed E-state index contributed by atoms with van der Waals surface area (Å²) in [6.07, 6.45) is 0. The van der Waals surface area contributed by atoms with Crippen molar-refractivity contribution in [1.29, 1.82) is 0 Å². The van der Waals surface area contributed by atoms with Gasteiger partial charge >= 0.3 is 0 Å². The van der Waals surface area contributed by atoms with Gasteiger partial charge in [-0.05, 0) is 50.1 Å². The van der Waals surface area contributed by atoms with E-state index < -0.39 is 0 Å². The number of nitrogens with one attached hydrogen (secondary N) is 2. The van der Waals surface area contributed by atoms with E-state index in [2.05, 4.69) is 20.4 Å². The van der Waals surface area contributed by atoms with Gasteiger partial charge in [-0.25, -0.2) is 0 Å². The maximum atomic E-state index is 12.8. The van der Waals surface area contributed by atoms with E-state index in [0.717, 1.165) is 22.6 Å². The minimum absolute atomic E-state index is 0.0424. The predicted molar refractivity (Wildman–Crippen MR) is 118 cm³/mol.